The maximum absolute atomic E-state index is 13.5. The number of rotatable bonds is 9. The molecule has 15 heteroatoms. The minimum absolute atomic E-state index is 0.0461. The number of methoxy groups -OCH3 is 1. The fourth-order valence-corrected chi connectivity index (χ4v) is 6.37. The van der Waals surface area contributed by atoms with E-state index in [0.717, 1.165) is 18.2 Å². The molecule has 0 saturated heterocycles. The van der Waals surface area contributed by atoms with Crippen LogP contribution in [-0.4, -0.2) is 34.7 Å². The van der Waals surface area contributed by atoms with E-state index in [1.165, 1.54) is 49.6 Å². The average molecular weight is 636 g/mol. The number of anilines is 2. The first-order valence-electron chi connectivity index (χ1n) is 11.5. The molecule has 4 rings (SSSR count). The maximum Gasteiger partial charge on any atom is 0.286 e. The van der Waals surface area contributed by atoms with E-state index in [-0.39, 0.29) is 38.4 Å². The molecule has 4 aromatic carbocycles. The lowest BCUT2D eigenvalue weighted by Crippen LogP contribution is -2.20. The molecule has 0 aliphatic rings. The Balaban J connectivity index is 1.84. The van der Waals surface area contributed by atoms with Crippen molar-refractivity contribution in [1.29, 1.82) is 0 Å². The summed E-state index contributed by atoms with van der Waals surface area (Å²) in [6, 6.07) is 21.0. The van der Waals surface area contributed by atoms with Crippen LogP contribution in [0, 0.1) is 10.1 Å². The SMILES string of the molecule is COc1ccc(N/C(=N\S(=O)(=O)c2cc([N+](=O)[O-])ccc2Cl)c2ccccc2)c(S(=O)(=O)Nc2ccc(Cl)cc2)c1. The summed E-state index contributed by atoms with van der Waals surface area (Å²) in [7, 11) is -7.55. The van der Waals surface area contributed by atoms with Crippen molar-refractivity contribution in [3.05, 3.63) is 117 Å². The number of hydrogen-bond donors (Lipinski definition) is 2. The molecule has 0 atom stereocenters. The van der Waals surface area contributed by atoms with Crippen LogP contribution in [0.4, 0.5) is 17.1 Å². The fourth-order valence-electron chi connectivity index (χ4n) is 3.53. The van der Waals surface area contributed by atoms with E-state index in [0.29, 0.717) is 5.02 Å². The highest BCUT2D eigenvalue weighted by Gasteiger charge is 2.25. The highest BCUT2D eigenvalue weighted by Crippen LogP contribution is 2.31. The first-order chi connectivity index (χ1) is 19.4. The van der Waals surface area contributed by atoms with Gasteiger partial charge in [-0.3, -0.25) is 14.8 Å². The number of ether oxygens (including phenoxy) is 1. The molecule has 0 amide bonds. The Hall–Kier alpha value is -4.17. The lowest BCUT2D eigenvalue weighted by Gasteiger charge is -2.17. The molecule has 0 radical (unpaired) electrons. The molecule has 0 heterocycles. The molecule has 2 N–H and O–H groups in total. The summed E-state index contributed by atoms with van der Waals surface area (Å²) in [5, 5.41) is 14.2. The maximum atomic E-state index is 13.5. The highest BCUT2D eigenvalue weighted by molar-refractivity contribution is 7.93. The van der Waals surface area contributed by atoms with E-state index >= 15 is 0 Å². The quantitative estimate of drug-likeness (QED) is 0.0988. The number of nitro benzene ring substituents is 1. The van der Waals surface area contributed by atoms with Gasteiger partial charge in [-0.05, 0) is 42.5 Å². The zero-order valence-corrected chi connectivity index (χ0v) is 24.1. The second-order valence-electron chi connectivity index (χ2n) is 8.25. The minimum Gasteiger partial charge on any atom is -0.497 e. The monoisotopic (exact) mass is 634 g/mol. The molecule has 0 spiro atoms. The number of nitro groups is 1. The summed E-state index contributed by atoms with van der Waals surface area (Å²) >= 11 is 12.0. The van der Waals surface area contributed by atoms with Crippen LogP contribution in [0.25, 0.3) is 0 Å². The first-order valence-corrected chi connectivity index (χ1v) is 15.2. The van der Waals surface area contributed by atoms with Gasteiger partial charge in [0.05, 0.1) is 22.7 Å². The highest BCUT2D eigenvalue weighted by atomic mass is 35.5. The summed E-state index contributed by atoms with van der Waals surface area (Å²) in [5.74, 6) is -0.0671. The number of amidine groups is 1. The van der Waals surface area contributed by atoms with E-state index < -0.39 is 35.6 Å². The average Bonchev–Trinajstić information content (AvgIpc) is 2.94. The number of nitrogens with one attached hydrogen (secondary N) is 2. The normalized spacial score (nSPS) is 12.0. The molecule has 0 unspecified atom stereocenters. The summed E-state index contributed by atoms with van der Waals surface area (Å²) in [4.78, 5) is 9.59. The molecule has 0 bridgehead atoms. The number of nitrogens with zero attached hydrogens (tertiary/aromatic N) is 2. The Labute approximate surface area is 245 Å². The topological polar surface area (TPSA) is 157 Å². The van der Waals surface area contributed by atoms with Gasteiger partial charge in [0.2, 0.25) is 0 Å². The molecule has 41 heavy (non-hydrogen) atoms. The third kappa shape index (κ3) is 7.13. The molecule has 0 fully saturated rings. The van der Waals surface area contributed by atoms with Crippen molar-refractivity contribution < 1.29 is 26.5 Å². The zero-order valence-electron chi connectivity index (χ0n) is 21.0. The Morgan fingerprint density at radius 1 is 0.878 bits per heavy atom. The molecular weight excluding hydrogens is 615 g/mol. The number of non-ortho nitro benzene ring substituents is 1. The summed E-state index contributed by atoms with van der Waals surface area (Å²) < 4.78 is 65.2. The van der Waals surface area contributed by atoms with Gasteiger partial charge in [0.25, 0.3) is 25.7 Å². The van der Waals surface area contributed by atoms with Gasteiger partial charge < -0.3 is 10.1 Å². The van der Waals surface area contributed by atoms with Gasteiger partial charge in [0.1, 0.15) is 15.5 Å². The van der Waals surface area contributed by atoms with Crippen LogP contribution in [0.15, 0.2) is 105 Å². The van der Waals surface area contributed by atoms with E-state index in [1.54, 1.807) is 30.3 Å². The van der Waals surface area contributed by atoms with E-state index in [2.05, 4.69) is 14.4 Å². The Morgan fingerprint density at radius 2 is 1.56 bits per heavy atom. The lowest BCUT2D eigenvalue weighted by atomic mass is 10.2. The number of hydrogen-bond acceptors (Lipinski definition) is 7. The summed E-state index contributed by atoms with van der Waals surface area (Å²) in [6.45, 7) is 0. The molecule has 0 saturated carbocycles. The third-order valence-corrected chi connectivity index (χ3v) is 8.92. The minimum atomic E-state index is -4.64. The number of benzene rings is 4. The summed E-state index contributed by atoms with van der Waals surface area (Å²) in [6.07, 6.45) is 0. The standard InChI is InChI=1S/C26H20Cl2N4O7S2/c1-39-21-12-14-23(25(16-21)41(37,38)30-19-9-7-18(27)8-10-19)29-26(17-5-3-2-4-6-17)31-40(35,36)24-15-20(32(33)34)11-13-22(24)28/h2-16,30H,1H3,(H,29,31). The second kappa shape index (κ2) is 12.1. The predicted octanol–water partition coefficient (Wildman–Crippen LogP) is 5.96. The molecule has 212 valence electrons. The van der Waals surface area contributed by atoms with E-state index in [9.17, 15) is 26.9 Å². The van der Waals surface area contributed by atoms with E-state index in [1.807, 2.05) is 0 Å². The Bertz CT molecular complexity index is 1850. The first kappa shape index (κ1) is 29.8. The van der Waals surface area contributed by atoms with Crippen molar-refractivity contribution in [2.75, 3.05) is 17.1 Å². The molecular formula is C26H20Cl2N4O7S2. The van der Waals surface area contributed by atoms with Gasteiger partial charge in [0, 0.05) is 34.5 Å². The van der Waals surface area contributed by atoms with Crippen LogP contribution < -0.4 is 14.8 Å². The van der Waals surface area contributed by atoms with Crippen LogP contribution >= 0.6 is 23.2 Å². The Morgan fingerprint density at radius 3 is 2.20 bits per heavy atom. The van der Waals surface area contributed by atoms with Crippen molar-refractivity contribution in [3.63, 3.8) is 0 Å². The van der Waals surface area contributed by atoms with Gasteiger partial charge in [-0.2, -0.15) is 8.42 Å². The third-order valence-electron chi connectivity index (χ3n) is 5.49. The number of sulfonamides is 2. The smallest absolute Gasteiger partial charge is 0.286 e. The lowest BCUT2D eigenvalue weighted by molar-refractivity contribution is -0.385. The Kier molecular flexibility index (Phi) is 8.83. The predicted molar refractivity (Wildman–Crippen MR) is 157 cm³/mol. The molecule has 0 aliphatic carbocycles. The van der Waals surface area contributed by atoms with Crippen molar-refractivity contribution >= 4 is 66.1 Å². The molecule has 0 aromatic heterocycles. The van der Waals surface area contributed by atoms with Gasteiger partial charge in [-0.25, -0.2) is 8.42 Å². The van der Waals surface area contributed by atoms with Crippen LogP contribution in [0.3, 0.4) is 0 Å². The van der Waals surface area contributed by atoms with Gasteiger partial charge in [-0.15, -0.1) is 4.40 Å². The zero-order chi connectivity index (χ0) is 29.8. The van der Waals surface area contributed by atoms with Gasteiger partial charge in [-0.1, -0.05) is 53.5 Å². The van der Waals surface area contributed by atoms with Crippen LogP contribution in [0.1, 0.15) is 5.56 Å². The number of halogens is 2. The second-order valence-corrected chi connectivity index (χ2v) is 12.3. The van der Waals surface area contributed by atoms with Crippen LogP contribution in [0.2, 0.25) is 10.0 Å². The largest absolute Gasteiger partial charge is 0.497 e. The summed E-state index contributed by atoms with van der Waals surface area (Å²) in [5.41, 5.74) is -0.0603. The molecule has 4 aromatic rings. The van der Waals surface area contributed by atoms with Crippen molar-refractivity contribution in [1.82, 2.24) is 0 Å². The van der Waals surface area contributed by atoms with Crippen molar-refractivity contribution in [2.24, 2.45) is 4.40 Å². The van der Waals surface area contributed by atoms with Gasteiger partial charge in [0.15, 0.2) is 5.84 Å². The van der Waals surface area contributed by atoms with Crippen molar-refractivity contribution in [3.8, 4) is 5.75 Å². The van der Waals surface area contributed by atoms with Crippen LogP contribution in [0.5, 0.6) is 5.75 Å². The molecule has 0 aliphatic heterocycles. The van der Waals surface area contributed by atoms with E-state index in [4.69, 9.17) is 27.9 Å². The van der Waals surface area contributed by atoms with Crippen molar-refractivity contribution in [2.45, 2.75) is 9.79 Å². The fraction of sp³-hybridized carbons (Fsp3) is 0.0385. The van der Waals surface area contributed by atoms with Gasteiger partial charge >= 0.3 is 0 Å². The van der Waals surface area contributed by atoms with Crippen LogP contribution in [-0.2, 0) is 20.0 Å². The molecule has 11 nitrogen and oxygen atoms in total.